The first-order chi connectivity index (χ1) is 18.5. The van der Waals surface area contributed by atoms with E-state index in [4.69, 9.17) is 9.47 Å². The minimum atomic E-state index is -0.416. The average Bonchev–Trinajstić information content (AvgIpc) is 3.44. The summed E-state index contributed by atoms with van der Waals surface area (Å²) in [6.07, 6.45) is 10.2. The van der Waals surface area contributed by atoms with Crippen LogP contribution < -0.4 is 20.1 Å². The summed E-state index contributed by atoms with van der Waals surface area (Å²) < 4.78 is 10.7. The number of nitrogens with one attached hydrogen (secondary N) is 2. The van der Waals surface area contributed by atoms with Crippen LogP contribution in [0.4, 0.5) is 0 Å². The van der Waals surface area contributed by atoms with E-state index < -0.39 is 5.54 Å². The molecule has 1 aliphatic carbocycles. The first-order valence-corrected chi connectivity index (χ1v) is 13.7. The van der Waals surface area contributed by atoms with Crippen LogP contribution >= 0.6 is 0 Å². The van der Waals surface area contributed by atoms with Crippen molar-refractivity contribution in [2.45, 2.75) is 57.4 Å². The Kier molecular flexibility index (Phi) is 7.93. The zero-order valence-electron chi connectivity index (χ0n) is 22.7. The molecular formula is C31H38N4O3. The molecule has 0 radical (unpaired) electrons. The lowest BCUT2D eigenvalue weighted by Gasteiger charge is -2.41. The minimum absolute atomic E-state index is 0.0335. The maximum absolute atomic E-state index is 13.3. The third kappa shape index (κ3) is 5.53. The number of carbonyl (C=O) groups excluding carboxylic acids is 1. The molecule has 0 spiro atoms. The number of aryl methyl sites for hydroxylation is 3. The fourth-order valence-corrected chi connectivity index (χ4v) is 5.88. The highest BCUT2D eigenvalue weighted by molar-refractivity contribution is 5.77. The number of methoxy groups -OCH3 is 2. The van der Waals surface area contributed by atoms with Gasteiger partial charge < -0.3 is 20.1 Å². The van der Waals surface area contributed by atoms with Crippen molar-refractivity contribution in [3.63, 3.8) is 0 Å². The summed E-state index contributed by atoms with van der Waals surface area (Å²) in [7, 11) is 3.23. The second kappa shape index (κ2) is 11.5. The first kappa shape index (κ1) is 26.2. The van der Waals surface area contributed by atoms with Crippen LogP contribution in [0.1, 0.15) is 55.1 Å². The molecule has 1 aromatic heterocycles. The van der Waals surface area contributed by atoms with Crippen LogP contribution in [-0.2, 0) is 29.6 Å². The quantitative estimate of drug-likeness (QED) is 0.434. The Morgan fingerprint density at radius 3 is 2.53 bits per heavy atom. The number of piperidine rings is 1. The van der Waals surface area contributed by atoms with Crippen molar-refractivity contribution in [1.82, 2.24) is 20.6 Å². The van der Waals surface area contributed by atoms with Gasteiger partial charge >= 0.3 is 0 Å². The molecule has 2 heterocycles. The van der Waals surface area contributed by atoms with Crippen molar-refractivity contribution < 1.29 is 14.3 Å². The topological polar surface area (TPSA) is 85.4 Å². The van der Waals surface area contributed by atoms with Crippen LogP contribution in [0.2, 0.25) is 0 Å². The van der Waals surface area contributed by atoms with Crippen LogP contribution in [0.25, 0.3) is 11.1 Å². The van der Waals surface area contributed by atoms with E-state index in [-0.39, 0.29) is 5.91 Å². The van der Waals surface area contributed by atoms with E-state index >= 15 is 0 Å². The van der Waals surface area contributed by atoms with E-state index in [0.717, 1.165) is 49.9 Å². The van der Waals surface area contributed by atoms with Crippen molar-refractivity contribution in [2.24, 2.45) is 5.92 Å². The average molecular weight is 515 g/mol. The van der Waals surface area contributed by atoms with Gasteiger partial charge in [0.1, 0.15) is 5.82 Å². The molecule has 2 atom stereocenters. The van der Waals surface area contributed by atoms with Gasteiger partial charge in [-0.2, -0.15) is 0 Å². The maximum Gasteiger partial charge on any atom is 0.221 e. The highest BCUT2D eigenvalue weighted by Gasteiger charge is 2.38. The van der Waals surface area contributed by atoms with Crippen LogP contribution in [0, 0.1) is 5.92 Å². The molecule has 1 fully saturated rings. The molecule has 0 bridgehead atoms. The Bertz CT molecular complexity index is 1270. The minimum Gasteiger partial charge on any atom is -0.493 e. The Hall–Kier alpha value is -3.45. The van der Waals surface area contributed by atoms with Gasteiger partial charge in [-0.3, -0.25) is 4.79 Å². The van der Waals surface area contributed by atoms with Gasteiger partial charge in [0.2, 0.25) is 5.91 Å². The third-order valence-electron chi connectivity index (χ3n) is 8.21. The van der Waals surface area contributed by atoms with Gasteiger partial charge in [-0.25, -0.2) is 9.97 Å². The largest absolute Gasteiger partial charge is 0.493 e. The number of carbonyl (C=O) groups is 1. The highest BCUT2D eigenvalue weighted by atomic mass is 16.5. The van der Waals surface area contributed by atoms with Crippen molar-refractivity contribution in [3.8, 4) is 22.6 Å². The van der Waals surface area contributed by atoms with Crippen molar-refractivity contribution >= 4 is 5.91 Å². The molecule has 0 saturated carbocycles. The zero-order valence-corrected chi connectivity index (χ0v) is 22.7. The lowest BCUT2D eigenvalue weighted by molar-refractivity contribution is -0.123. The Labute approximate surface area is 225 Å². The van der Waals surface area contributed by atoms with E-state index in [2.05, 4.69) is 45.7 Å². The van der Waals surface area contributed by atoms with Gasteiger partial charge in [0, 0.05) is 37.3 Å². The number of rotatable bonds is 9. The standard InChI is InChI=1S/C31H38N4O3/c1-31(26-8-5-15-32-20-26,25-11-9-21-6-4-7-22(21)16-25)35-30(36)14-13-29-33-18-24(19-34-29)23-10-12-27(37-2)28(17-23)38-3/h9-12,16-19,26,32H,4-8,13-15,20H2,1-3H3,(H,35,36). The van der Waals surface area contributed by atoms with Crippen LogP contribution in [0.15, 0.2) is 48.8 Å². The second-order valence-electron chi connectivity index (χ2n) is 10.6. The summed E-state index contributed by atoms with van der Waals surface area (Å²) in [4.78, 5) is 22.4. The van der Waals surface area contributed by atoms with Gasteiger partial charge in [-0.05, 0) is 85.9 Å². The SMILES string of the molecule is COc1ccc(-c2cnc(CCC(=O)NC(C)(c3ccc4c(c3)CCC4)C3CCCNC3)nc2)cc1OC. The van der Waals surface area contributed by atoms with E-state index in [1.165, 1.54) is 23.1 Å². The van der Waals surface area contributed by atoms with Crippen LogP contribution in [0.3, 0.4) is 0 Å². The molecule has 200 valence electrons. The predicted octanol–water partition coefficient (Wildman–Crippen LogP) is 4.61. The fourth-order valence-electron chi connectivity index (χ4n) is 5.88. The van der Waals surface area contributed by atoms with Gasteiger partial charge in [0.25, 0.3) is 0 Å². The molecule has 2 aliphatic rings. The summed E-state index contributed by atoms with van der Waals surface area (Å²) in [5.74, 6) is 2.37. The number of nitrogens with zero attached hydrogens (tertiary/aromatic N) is 2. The normalized spacial score (nSPS) is 18.3. The molecule has 2 aromatic carbocycles. The summed E-state index contributed by atoms with van der Waals surface area (Å²) in [6.45, 7) is 4.16. The molecule has 7 nitrogen and oxygen atoms in total. The number of amides is 1. The number of ether oxygens (including phenoxy) is 2. The molecule has 1 saturated heterocycles. The Balaban J connectivity index is 1.26. The summed E-state index contributed by atoms with van der Waals surface area (Å²) in [5, 5.41) is 6.98. The molecular weight excluding hydrogens is 476 g/mol. The van der Waals surface area contributed by atoms with E-state index in [9.17, 15) is 4.79 Å². The molecule has 2 N–H and O–H groups in total. The molecule has 2 unspecified atom stereocenters. The van der Waals surface area contributed by atoms with Gasteiger partial charge in [0.05, 0.1) is 19.8 Å². The van der Waals surface area contributed by atoms with Gasteiger partial charge in [-0.15, -0.1) is 0 Å². The van der Waals surface area contributed by atoms with Crippen LogP contribution in [0.5, 0.6) is 11.5 Å². The maximum atomic E-state index is 13.3. The molecule has 1 amide bonds. The van der Waals surface area contributed by atoms with Crippen molar-refractivity contribution in [1.29, 1.82) is 0 Å². The van der Waals surface area contributed by atoms with Gasteiger partial charge in [-0.1, -0.05) is 24.3 Å². The fraction of sp³-hybridized carbons (Fsp3) is 0.452. The smallest absolute Gasteiger partial charge is 0.221 e. The number of fused-ring (bicyclic) bond motifs is 1. The van der Waals surface area contributed by atoms with E-state index in [0.29, 0.717) is 36.1 Å². The Morgan fingerprint density at radius 2 is 1.79 bits per heavy atom. The summed E-state index contributed by atoms with van der Waals surface area (Å²) in [5.41, 5.74) is 5.52. The third-order valence-corrected chi connectivity index (χ3v) is 8.21. The van der Waals surface area contributed by atoms with Crippen LogP contribution in [-0.4, -0.2) is 43.2 Å². The molecule has 3 aromatic rings. The number of benzene rings is 2. The highest BCUT2D eigenvalue weighted by Crippen LogP contribution is 2.36. The van der Waals surface area contributed by atoms with Crippen molar-refractivity contribution in [3.05, 3.63) is 71.3 Å². The molecule has 1 aliphatic heterocycles. The van der Waals surface area contributed by atoms with E-state index in [1.807, 2.05) is 18.2 Å². The molecule has 38 heavy (non-hydrogen) atoms. The lowest BCUT2D eigenvalue weighted by Crippen LogP contribution is -2.53. The summed E-state index contributed by atoms with van der Waals surface area (Å²) >= 11 is 0. The number of aromatic nitrogens is 2. The van der Waals surface area contributed by atoms with E-state index in [1.54, 1.807) is 26.6 Å². The second-order valence-corrected chi connectivity index (χ2v) is 10.6. The lowest BCUT2D eigenvalue weighted by atomic mass is 9.75. The Morgan fingerprint density at radius 1 is 1.00 bits per heavy atom. The zero-order chi connectivity index (χ0) is 26.5. The number of hydrogen-bond donors (Lipinski definition) is 2. The predicted molar refractivity (Wildman–Crippen MR) is 148 cm³/mol. The van der Waals surface area contributed by atoms with Gasteiger partial charge in [0.15, 0.2) is 11.5 Å². The number of hydrogen-bond acceptors (Lipinski definition) is 6. The first-order valence-electron chi connectivity index (χ1n) is 13.7. The molecule has 7 heteroatoms. The molecule has 5 rings (SSSR count). The summed E-state index contributed by atoms with van der Waals surface area (Å²) in [6, 6.07) is 12.6. The monoisotopic (exact) mass is 514 g/mol. The van der Waals surface area contributed by atoms with Crippen molar-refractivity contribution in [2.75, 3.05) is 27.3 Å².